The van der Waals surface area contributed by atoms with Crippen LogP contribution in [0.1, 0.15) is 19.4 Å². The van der Waals surface area contributed by atoms with E-state index in [-0.39, 0.29) is 24.2 Å². The molecule has 1 amide bonds. The average molecular weight is 379 g/mol. The molecule has 1 aliphatic heterocycles. The van der Waals surface area contributed by atoms with E-state index in [1.54, 1.807) is 53.4 Å². The molecule has 0 unspecified atom stereocenters. The van der Waals surface area contributed by atoms with E-state index in [2.05, 4.69) is 0 Å². The fraction of sp³-hybridized carbons (Fsp3) is 0.278. The molecule has 0 radical (unpaired) electrons. The first-order valence-electron chi connectivity index (χ1n) is 7.94. The largest absolute Gasteiger partial charge is 0.306 e. The predicted octanol–water partition coefficient (Wildman–Crippen LogP) is 3.43. The number of hydrogen-bond acceptors (Lipinski definition) is 3. The van der Waals surface area contributed by atoms with E-state index < -0.39 is 10.0 Å². The minimum Gasteiger partial charge on any atom is -0.306 e. The summed E-state index contributed by atoms with van der Waals surface area (Å²) < 4.78 is 27.5. The molecule has 1 atom stereocenters. The van der Waals surface area contributed by atoms with E-state index >= 15 is 0 Å². The molecule has 25 heavy (non-hydrogen) atoms. The summed E-state index contributed by atoms with van der Waals surface area (Å²) in [7, 11) is -3.64. The van der Waals surface area contributed by atoms with Crippen molar-refractivity contribution < 1.29 is 13.2 Å². The molecular weight excluding hydrogens is 360 g/mol. The van der Waals surface area contributed by atoms with Crippen molar-refractivity contribution in [2.24, 2.45) is 0 Å². The van der Waals surface area contributed by atoms with Gasteiger partial charge in [-0.3, -0.25) is 9.10 Å². The van der Waals surface area contributed by atoms with E-state index in [0.717, 1.165) is 0 Å². The lowest BCUT2D eigenvalue weighted by Gasteiger charge is -2.41. The number of benzene rings is 2. The van der Waals surface area contributed by atoms with Crippen molar-refractivity contribution in [1.82, 2.24) is 0 Å². The Morgan fingerprint density at radius 2 is 1.72 bits per heavy atom. The third-order valence-corrected chi connectivity index (χ3v) is 6.31. The third-order valence-electron chi connectivity index (χ3n) is 4.25. The number of anilines is 2. The van der Waals surface area contributed by atoms with E-state index in [1.807, 2.05) is 6.92 Å². The molecule has 3 rings (SSSR count). The summed E-state index contributed by atoms with van der Waals surface area (Å²) in [6.45, 7) is 3.54. The van der Waals surface area contributed by atoms with Crippen molar-refractivity contribution in [3.8, 4) is 0 Å². The lowest BCUT2D eigenvalue weighted by atomic mass is 10.1. The Kier molecular flexibility index (Phi) is 4.75. The van der Waals surface area contributed by atoms with Crippen LogP contribution in [0.5, 0.6) is 0 Å². The first-order chi connectivity index (χ1) is 11.8. The Morgan fingerprint density at radius 1 is 1.12 bits per heavy atom. The molecule has 0 saturated heterocycles. The molecule has 0 spiro atoms. The Balaban J connectivity index is 2.03. The Hall–Kier alpha value is -2.05. The molecule has 0 saturated carbocycles. The number of hydrogen-bond donors (Lipinski definition) is 0. The van der Waals surface area contributed by atoms with Gasteiger partial charge in [-0.05, 0) is 30.7 Å². The molecule has 1 heterocycles. The van der Waals surface area contributed by atoms with Gasteiger partial charge in [0.15, 0.2) is 0 Å². The summed E-state index contributed by atoms with van der Waals surface area (Å²) in [5.41, 5.74) is 1.68. The van der Waals surface area contributed by atoms with Crippen molar-refractivity contribution in [3.05, 3.63) is 59.1 Å². The van der Waals surface area contributed by atoms with Gasteiger partial charge in [-0.2, -0.15) is 0 Å². The number of rotatable bonds is 3. The smallest absolute Gasteiger partial charge is 0.239 e. The number of para-hydroxylation sites is 2. The number of amides is 1. The van der Waals surface area contributed by atoms with Crippen LogP contribution in [0.4, 0.5) is 11.4 Å². The maximum atomic E-state index is 13.1. The van der Waals surface area contributed by atoms with Gasteiger partial charge in [-0.15, -0.1) is 0 Å². The van der Waals surface area contributed by atoms with Crippen molar-refractivity contribution in [2.75, 3.05) is 15.7 Å². The fourth-order valence-electron chi connectivity index (χ4n) is 3.17. The van der Waals surface area contributed by atoms with Crippen molar-refractivity contribution >= 4 is 38.9 Å². The van der Waals surface area contributed by atoms with Crippen LogP contribution < -0.4 is 9.21 Å². The molecule has 0 N–H and O–H groups in total. The fourth-order valence-corrected chi connectivity index (χ4v) is 5.15. The third kappa shape index (κ3) is 3.37. The number of fused-ring (bicyclic) bond motifs is 1. The Morgan fingerprint density at radius 3 is 2.36 bits per heavy atom. The van der Waals surface area contributed by atoms with Gasteiger partial charge < -0.3 is 4.90 Å². The maximum Gasteiger partial charge on any atom is 0.239 e. The summed E-state index contributed by atoms with van der Waals surface area (Å²) >= 11 is 6.13. The van der Waals surface area contributed by atoms with Crippen LogP contribution in [-0.4, -0.2) is 26.9 Å². The first-order valence-corrected chi connectivity index (χ1v) is 9.92. The van der Waals surface area contributed by atoms with Crippen LogP contribution >= 0.6 is 11.6 Å². The highest BCUT2D eigenvalue weighted by molar-refractivity contribution is 7.92. The summed E-state index contributed by atoms with van der Waals surface area (Å²) in [6, 6.07) is 13.7. The SMILES string of the molecule is CC(=O)N1c2ccccc2N(S(=O)(=O)Cc2ccccc2Cl)C[C@@H]1C. The summed E-state index contributed by atoms with van der Waals surface area (Å²) in [6.07, 6.45) is 0. The van der Waals surface area contributed by atoms with Gasteiger partial charge in [-0.1, -0.05) is 41.9 Å². The molecule has 7 heteroatoms. The molecule has 2 aromatic rings. The number of carbonyl (C=O) groups excluding carboxylic acids is 1. The number of carbonyl (C=O) groups is 1. The van der Waals surface area contributed by atoms with Crippen LogP contribution in [0, 0.1) is 0 Å². The molecular formula is C18H19ClN2O3S. The second-order valence-electron chi connectivity index (χ2n) is 6.11. The first kappa shape index (κ1) is 17.8. The molecule has 0 aliphatic carbocycles. The van der Waals surface area contributed by atoms with Crippen molar-refractivity contribution in [1.29, 1.82) is 0 Å². The molecule has 132 valence electrons. The molecule has 1 aliphatic rings. The highest BCUT2D eigenvalue weighted by atomic mass is 35.5. The van der Waals surface area contributed by atoms with Crippen LogP contribution in [0.2, 0.25) is 5.02 Å². The Labute approximate surface area is 152 Å². The van der Waals surface area contributed by atoms with Gasteiger partial charge in [0.05, 0.1) is 29.7 Å². The van der Waals surface area contributed by atoms with Crippen molar-refractivity contribution in [3.63, 3.8) is 0 Å². The van der Waals surface area contributed by atoms with E-state index in [1.165, 1.54) is 11.2 Å². The van der Waals surface area contributed by atoms with Crippen LogP contribution in [0.25, 0.3) is 0 Å². The van der Waals surface area contributed by atoms with Crippen molar-refractivity contribution in [2.45, 2.75) is 25.6 Å². The lowest BCUT2D eigenvalue weighted by molar-refractivity contribution is -0.117. The molecule has 5 nitrogen and oxygen atoms in total. The second kappa shape index (κ2) is 6.69. The Bertz CT molecular complexity index is 914. The van der Waals surface area contributed by atoms with Gasteiger partial charge in [0.1, 0.15) is 0 Å². The van der Waals surface area contributed by atoms with Gasteiger partial charge >= 0.3 is 0 Å². The zero-order valence-corrected chi connectivity index (χ0v) is 15.6. The number of nitrogens with zero attached hydrogens (tertiary/aromatic N) is 2. The lowest BCUT2D eigenvalue weighted by Crippen LogP contribution is -2.51. The molecule has 0 fully saturated rings. The number of halogens is 1. The predicted molar refractivity (Wildman–Crippen MR) is 100 cm³/mol. The van der Waals surface area contributed by atoms with Crippen LogP contribution in [0.3, 0.4) is 0 Å². The highest BCUT2D eigenvalue weighted by Crippen LogP contribution is 2.37. The second-order valence-corrected chi connectivity index (χ2v) is 8.41. The summed E-state index contributed by atoms with van der Waals surface area (Å²) in [5, 5.41) is 0.426. The normalized spacial score (nSPS) is 17.3. The van der Waals surface area contributed by atoms with Gasteiger partial charge in [0.2, 0.25) is 15.9 Å². The van der Waals surface area contributed by atoms with Gasteiger partial charge in [-0.25, -0.2) is 8.42 Å². The molecule has 0 aromatic heterocycles. The topological polar surface area (TPSA) is 57.7 Å². The van der Waals surface area contributed by atoms with Gasteiger partial charge in [0.25, 0.3) is 0 Å². The standard InChI is InChI=1S/C18H19ClN2O3S/c1-13-11-20(17-9-5-6-10-18(17)21(13)14(2)22)25(23,24)12-15-7-3-4-8-16(15)19/h3-10,13H,11-12H2,1-2H3/t13-/m0/s1. The zero-order valence-electron chi connectivity index (χ0n) is 14.0. The van der Waals surface area contributed by atoms with Crippen LogP contribution in [0.15, 0.2) is 48.5 Å². The number of sulfonamides is 1. The zero-order chi connectivity index (χ0) is 18.2. The monoisotopic (exact) mass is 378 g/mol. The minimum absolute atomic E-state index is 0.108. The van der Waals surface area contributed by atoms with Crippen LogP contribution in [-0.2, 0) is 20.6 Å². The summed E-state index contributed by atoms with van der Waals surface area (Å²) in [4.78, 5) is 13.6. The maximum absolute atomic E-state index is 13.1. The van der Waals surface area contributed by atoms with Gasteiger partial charge in [0, 0.05) is 11.9 Å². The minimum atomic E-state index is -3.64. The van der Waals surface area contributed by atoms with E-state index in [9.17, 15) is 13.2 Å². The summed E-state index contributed by atoms with van der Waals surface area (Å²) in [5.74, 6) is -0.295. The highest BCUT2D eigenvalue weighted by Gasteiger charge is 2.36. The van der Waals surface area contributed by atoms with E-state index in [0.29, 0.717) is 22.0 Å². The van der Waals surface area contributed by atoms with E-state index in [4.69, 9.17) is 11.6 Å². The average Bonchev–Trinajstić information content (AvgIpc) is 2.55. The quantitative estimate of drug-likeness (QED) is 0.822. The molecule has 2 aromatic carbocycles. The molecule has 0 bridgehead atoms.